The molecule has 0 bridgehead atoms. The molecule has 2 aromatic carbocycles. The average Bonchev–Trinajstić information content (AvgIpc) is 2.64. The molecule has 3 nitrogen and oxygen atoms in total. The second kappa shape index (κ2) is 6.41. The van der Waals surface area contributed by atoms with Crippen molar-refractivity contribution in [3.05, 3.63) is 58.1 Å². The normalized spacial score (nSPS) is 26.5. The third kappa shape index (κ3) is 2.66. The number of fused-ring (bicyclic) bond motifs is 3. The van der Waals surface area contributed by atoms with Crippen molar-refractivity contribution in [3.8, 4) is 11.5 Å². The Bertz CT molecular complexity index is 844. The summed E-state index contributed by atoms with van der Waals surface area (Å²) in [6.45, 7) is 4.17. The molecule has 0 N–H and O–H groups in total. The molecular formula is C22H23BrO3. The van der Waals surface area contributed by atoms with Gasteiger partial charge in [-0.25, -0.2) is 0 Å². The van der Waals surface area contributed by atoms with Gasteiger partial charge in [0.1, 0.15) is 23.4 Å². The maximum Gasteiger partial charge on any atom is 0.139 e. The standard InChI is InChI=1S/C22H23BrO3/c1-22(2)19(24)10-9-14-20(22)15-11-16(23)18(25-3)12-17(15)26-21(14)13-7-5-4-6-8-13/h4-8,11-12,14,20-21H,9-10H2,1-3H3/t14-,20-,21+/m0/s1. The summed E-state index contributed by atoms with van der Waals surface area (Å²) in [5.41, 5.74) is 1.86. The van der Waals surface area contributed by atoms with E-state index in [-0.39, 0.29) is 17.9 Å². The minimum absolute atomic E-state index is 0.0491. The van der Waals surface area contributed by atoms with E-state index in [2.05, 4.69) is 48.0 Å². The fourth-order valence-corrected chi connectivity index (χ4v) is 5.20. The van der Waals surface area contributed by atoms with Crippen LogP contribution in [0.15, 0.2) is 46.9 Å². The smallest absolute Gasteiger partial charge is 0.139 e. The molecule has 4 rings (SSSR count). The Hall–Kier alpha value is -1.81. The lowest BCUT2D eigenvalue weighted by Gasteiger charge is -2.49. The number of methoxy groups -OCH3 is 1. The molecule has 0 aromatic heterocycles. The van der Waals surface area contributed by atoms with Crippen LogP contribution in [0, 0.1) is 11.3 Å². The van der Waals surface area contributed by atoms with E-state index in [0.29, 0.717) is 12.2 Å². The second-order valence-electron chi connectivity index (χ2n) is 7.80. The third-order valence-corrected chi connectivity index (χ3v) is 6.64. The lowest BCUT2D eigenvalue weighted by Crippen LogP contribution is -2.45. The van der Waals surface area contributed by atoms with Crippen molar-refractivity contribution in [1.82, 2.24) is 0 Å². The van der Waals surface area contributed by atoms with Gasteiger partial charge in [0.05, 0.1) is 11.6 Å². The highest BCUT2D eigenvalue weighted by molar-refractivity contribution is 9.10. The predicted octanol–water partition coefficient (Wildman–Crippen LogP) is 5.68. The number of rotatable bonds is 2. The molecule has 2 aromatic rings. The zero-order valence-corrected chi connectivity index (χ0v) is 16.9. The highest BCUT2D eigenvalue weighted by Gasteiger charge is 2.52. The fraction of sp³-hybridized carbons (Fsp3) is 0.409. The average molecular weight is 415 g/mol. The molecule has 0 saturated heterocycles. The molecule has 136 valence electrons. The summed E-state index contributed by atoms with van der Waals surface area (Å²) in [6, 6.07) is 14.4. The van der Waals surface area contributed by atoms with Gasteiger partial charge in [-0.1, -0.05) is 44.2 Å². The number of hydrogen-bond acceptors (Lipinski definition) is 3. The predicted molar refractivity (Wildman–Crippen MR) is 105 cm³/mol. The number of halogens is 1. The highest BCUT2D eigenvalue weighted by Crippen LogP contribution is 2.59. The van der Waals surface area contributed by atoms with Crippen LogP contribution in [-0.4, -0.2) is 12.9 Å². The first-order valence-electron chi connectivity index (χ1n) is 9.06. The van der Waals surface area contributed by atoms with E-state index in [1.54, 1.807) is 7.11 Å². The first-order valence-corrected chi connectivity index (χ1v) is 9.85. The van der Waals surface area contributed by atoms with Gasteiger partial charge in [-0.3, -0.25) is 4.79 Å². The number of Topliss-reactive ketones (excluding diaryl/α,β-unsaturated/α-hetero) is 1. The molecule has 4 heteroatoms. The van der Waals surface area contributed by atoms with Gasteiger partial charge in [0.15, 0.2) is 0 Å². The van der Waals surface area contributed by atoms with Crippen LogP contribution in [0.3, 0.4) is 0 Å². The Morgan fingerprint density at radius 3 is 2.62 bits per heavy atom. The van der Waals surface area contributed by atoms with Gasteiger partial charge < -0.3 is 9.47 Å². The number of carbonyl (C=O) groups excluding carboxylic acids is 1. The van der Waals surface area contributed by atoms with Crippen LogP contribution >= 0.6 is 15.9 Å². The molecule has 3 atom stereocenters. The van der Waals surface area contributed by atoms with E-state index in [4.69, 9.17) is 9.47 Å². The van der Waals surface area contributed by atoms with Crippen molar-refractivity contribution in [1.29, 1.82) is 0 Å². The van der Waals surface area contributed by atoms with Gasteiger partial charge in [0.2, 0.25) is 0 Å². The van der Waals surface area contributed by atoms with Gasteiger partial charge in [-0.15, -0.1) is 0 Å². The molecule has 0 spiro atoms. The summed E-state index contributed by atoms with van der Waals surface area (Å²) < 4.78 is 12.9. The van der Waals surface area contributed by atoms with Gasteiger partial charge >= 0.3 is 0 Å². The Labute approximate surface area is 162 Å². The van der Waals surface area contributed by atoms with E-state index in [1.165, 1.54) is 5.56 Å². The van der Waals surface area contributed by atoms with E-state index in [0.717, 1.165) is 28.0 Å². The molecule has 26 heavy (non-hydrogen) atoms. The first-order chi connectivity index (χ1) is 12.4. The van der Waals surface area contributed by atoms with Crippen molar-refractivity contribution in [2.75, 3.05) is 7.11 Å². The van der Waals surface area contributed by atoms with Crippen LogP contribution in [0.25, 0.3) is 0 Å². The van der Waals surface area contributed by atoms with Crippen LogP contribution in [-0.2, 0) is 4.79 Å². The quantitative estimate of drug-likeness (QED) is 0.633. The highest BCUT2D eigenvalue weighted by atomic mass is 79.9. The van der Waals surface area contributed by atoms with Crippen molar-refractivity contribution in [2.45, 2.75) is 38.7 Å². The fourth-order valence-electron chi connectivity index (χ4n) is 4.67. The zero-order chi connectivity index (χ0) is 18.5. The minimum atomic E-state index is -0.414. The van der Waals surface area contributed by atoms with Gasteiger partial charge in [0.25, 0.3) is 0 Å². The lowest BCUT2D eigenvalue weighted by molar-refractivity contribution is -0.135. The Morgan fingerprint density at radius 2 is 1.92 bits per heavy atom. The Balaban J connectivity index is 1.90. The van der Waals surface area contributed by atoms with Crippen LogP contribution in [0.1, 0.15) is 49.8 Å². The van der Waals surface area contributed by atoms with Crippen LogP contribution in [0.5, 0.6) is 11.5 Å². The van der Waals surface area contributed by atoms with Crippen molar-refractivity contribution < 1.29 is 14.3 Å². The molecule has 1 saturated carbocycles. The number of ketones is 1. The monoisotopic (exact) mass is 414 g/mol. The molecule has 0 amide bonds. The maximum absolute atomic E-state index is 12.8. The number of carbonyl (C=O) groups is 1. The third-order valence-electron chi connectivity index (χ3n) is 6.02. The van der Waals surface area contributed by atoms with Crippen molar-refractivity contribution in [2.24, 2.45) is 11.3 Å². The Morgan fingerprint density at radius 1 is 1.19 bits per heavy atom. The summed E-state index contributed by atoms with van der Waals surface area (Å²) in [6.07, 6.45) is 1.43. The van der Waals surface area contributed by atoms with Crippen LogP contribution in [0.2, 0.25) is 0 Å². The molecule has 1 fully saturated rings. The molecule has 0 radical (unpaired) electrons. The summed E-state index contributed by atoms with van der Waals surface area (Å²) >= 11 is 3.60. The molecule has 2 aliphatic rings. The SMILES string of the molecule is COc1cc2c(cc1Br)[C@@H]1[C@H](CCC(=O)C1(C)C)[C@@H](c1ccccc1)O2. The molecule has 1 aliphatic carbocycles. The van der Waals surface area contributed by atoms with E-state index < -0.39 is 5.41 Å². The van der Waals surface area contributed by atoms with Gasteiger partial charge in [0, 0.05) is 35.3 Å². The zero-order valence-electron chi connectivity index (χ0n) is 15.3. The second-order valence-corrected chi connectivity index (χ2v) is 8.65. The van der Waals surface area contributed by atoms with Crippen molar-refractivity contribution in [3.63, 3.8) is 0 Å². The van der Waals surface area contributed by atoms with Gasteiger partial charge in [-0.05, 0) is 34.0 Å². The van der Waals surface area contributed by atoms with Crippen LogP contribution < -0.4 is 9.47 Å². The largest absolute Gasteiger partial charge is 0.495 e. The van der Waals surface area contributed by atoms with Gasteiger partial charge in [-0.2, -0.15) is 0 Å². The Kier molecular flexibility index (Phi) is 4.34. The van der Waals surface area contributed by atoms with Crippen LogP contribution in [0.4, 0.5) is 0 Å². The van der Waals surface area contributed by atoms with E-state index in [9.17, 15) is 4.79 Å². The van der Waals surface area contributed by atoms with E-state index >= 15 is 0 Å². The maximum atomic E-state index is 12.8. The minimum Gasteiger partial charge on any atom is -0.495 e. The van der Waals surface area contributed by atoms with E-state index in [1.807, 2.05) is 24.3 Å². The number of ether oxygens (including phenoxy) is 2. The number of benzene rings is 2. The lowest BCUT2D eigenvalue weighted by atomic mass is 9.57. The molecular weight excluding hydrogens is 392 g/mol. The molecule has 0 unspecified atom stereocenters. The topological polar surface area (TPSA) is 35.5 Å². The summed E-state index contributed by atoms with van der Waals surface area (Å²) in [7, 11) is 1.65. The first kappa shape index (κ1) is 17.6. The molecule has 1 heterocycles. The molecule has 1 aliphatic heterocycles. The van der Waals surface area contributed by atoms with Crippen molar-refractivity contribution >= 4 is 21.7 Å². The number of hydrogen-bond donors (Lipinski definition) is 0. The summed E-state index contributed by atoms with van der Waals surface area (Å²) in [5.74, 6) is 2.31. The summed E-state index contributed by atoms with van der Waals surface area (Å²) in [4.78, 5) is 12.8. The summed E-state index contributed by atoms with van der Waals surface area (Å²) in [5, 5.41) is 0.